The lowest BCUT2D eigenvalue weighted by molar-refractivity contribution is 0.173. The van der Waals surface area contributed by atoms with Gasteiger partial charge in [-0.3, -0.25) is 4.90 Å². The smallest absolute Gasteiger partial charge is 0.317 e. The van der Waals surface area contributed by atoms with Crippen molar-refractivity contribution in [1.29, 1.82) is 0 Å². The van der Waals surface area contributed by atoms with Crippen LogP contribution in [0.3, 0.4) is 0 Å². The average molecular weight is 398 g/mol. The van der Waals surface area contributed by atoms with Crippen LogP contribution in [0, 0.1) is 0 Å². The topological polar surface area (TPSA) is 54.0 Å². The van der Waals surface area contributed by atoms with Gasteiger partial charge in [0.2, 0.25) is 6.79 Å². The van der Waals surface area contributed by atoms with Crippen LogP contribution in [0.2, 0.25) is 0 Å². The summed E-state index contributed by atoms with van der Waals surface area (Å²) in [6.07, 6.45) is 0. The molecule has 0 saturated heterocycles. The Bertz CT molecular complexity index is 804. The van der Waals surface area contributed by atoms with Crippen LogP contribution in [0.1, 0.15) is 37.5 Å². The van der Waals surface area contributed by atoms with E-state index >= 15 is 0 Å². The number of urea groups is 1. The van der Waals surface area contributed by atoms with Gasteiger partial charge in [-0.15, -0.1) is 0 Å². The number of rotatable bonds is 9. The predicted molar refractivity (Wildman–Crippen MR) is 114 cm³/mol. The third kappa shape index (κ3) is 5.64. The summed E-state index contributed by atoms with van der Waals surface area (Å²) in [6.45, 7) is 11.3. The predicted octanol–water partition coefficient (Wildman–Crippen LogP) is 3.99. The monoisotopic (exact) mass is 397 g/mol. The maximum atomic E-state index is 12.6. The molecule has 1 aliphatic heterocycles. The Labute approximate surface area is 173 Å². The second-order valence-corrected chi connectivity index (χ2v) is 7.14. The van der Waals surface area contributed by atoms with Crippen LogP contribution in [0.15, 0.2) is 42.5 Å². The van der Waals surface area contributed by atoms with Gasteiger partial charge in [0.15, 0.2) is 11.5 Å². The number of carbonyl (C=O) groups excluding carboxylic acids is 1. The van der Waals surface area contributed by atoms with Gasteiger partial charge in [0.25, 0.3) is 0 Å². The van der Waals surface area contributed by atoms with Crippen LogP contribution >= 0.6 is 0 Å². The van der Waals surface area contributed by atoms with E-state index in [9.17, 15) is 4.79 Å². The summed E-state index contributed by atoms with van der Waals surface area (Å²) in [5.74, 6) is 1.49. The Kier molecular flexibility index (Phi) is 7.36. The fraction of sp³-hybridized carbons (Fsp3) is 0.435. The first-order valence-corrected chi connectivity index (χ1v) is 10.3. The van der Waals surface area contributed by atoms with Gasteiger partial charge in [0.1, 0.15) is 0 Å². The summed E-state index contributed by atoms with van der Waals surface area (Å²) in [7, 11) is 0. The van der Waals surface area contributed by atoms with E-state index in [1.165, 1.54) is 5.56 Å². The van der Waals surface area contributed by atoms with Gasteiger partial charge in [-0.1, -0.05) is 44.2 Å². The lowest BCUT2D eigenvalue weighted by Crippen LogP contribution is -2.39. The molecule has 1 heterocycles. The highest BCUT2D eigenvalue weighted by Gasteiger charge is 2.16. The first-order chi connectivity index (χ1) is 14.1. The third-order valence-corrected chi connectivity index (χ3v) is 5.25. The van der Waals surface area contributed by atoms with Crippen LogP contribution in [0.5, 0.6) is 11.5 Å². The Hall–Kier alpha value is -2.73. The Balaban J connectivity index is 1.52. The highest BCUT2D eigenvalue weighted by Crippen LogP contribution is 2.32. The van der Waals surface area contributed by atoms with E-state index in [2.05, 4.69) is 48.3 Å². The normalized spacial score (nSPS) is 12.3. The van der Waals surface area contributed by atoms with Crippen LogP contribution < -0.4 is 14.8 Å². The summed E-state index contributed by atoms with van der Waals surface area (Å²) in [6, 6.07) is 14.2. The van der Waals surface area contributed by atoms with E-state index in [0.717, 1.165) is 42.3 Å². The molecule has 29 heavy (non-hydrogen) atoms. The molecule has 6 nitrogen and oxygen atoms in total. The van der Waals surface area contributed by atoms with E-state index in [1.807, 2.05) is 25.1 Å². The lowest BCUT2D eigenvalue weighted by atomic mass is 10.1. The molecule has 6 heteroatoms. The number of amides is 2. The summed E-state index contributed by atoms with van der Waals surface area (Å²) in [5.41, 5.74) is 3.41. The largest absolute Gasteiger partial charge is 0.454 e. The third-order valence-electron chi connectivity index (χ3n) is 5.25. The second kappa shape index (κ2) is 10.2. The summed E-state index contributed by atoms with van der Waals surface area (Å²) >= 11 is 0. The molecule has 2 aromatic carbocycles. The van der Waals surface area contributed by atoms with Crippen molar-refractivity contribution < 1.29 is 14.3 Å². The molecule has 2 amide bonds. The molecule has 0 aromatic heterocycles. The van der Waals surface area contributed by atoms with Gasteiger partial charge >= 0.3 is 6.03 Å². The van der Waals surface area contributed by atoms with Crippen molar-refractivity contribution in [2.24, 2.45) is 0 Å². The van der Waals surface area contributed by atoms with Gasteiger partial charge in [-0.2, -0.15) is 0 Å². The highest BCUT2D eigenvalue weighted by molar-refractivity contribution is 5.74. The van der Waals surface area contributed by atoms with Crippen LogP contribution in [-0.2, 0) is 19.6 Å². The molecule has 1 N–H and O–H groups in total. The molecule has 0 saturated carbocycles. The minimum atomic E-state index is -0.0719. The maximum Gasteiger partial charge on any atom is 0.317 e. The fourth-order valence-corrected chi connectivity index (χ4v) is 3.34. The molecule has 0 unspecified atom stereocenters. The van der Waals surface area contributed by atoms with Crippen molar-refractivity contribution >= 4 is 6.03 Å². The van der Waals surface area contributed by atoms with Crippen molar-refractivity contribution in [2.45, 2.75) is 40.4 Å². The summed E-state index contributed by atoms with van der Waals surface area (Å²) < 4.78 is 10.8. The Morgan fingerprint density at radius 1 is 0.862 bits per heavy atom. The minimum absolute atomic E-state index is 0.0719. The zero-order valence-corrected chi connectivity index (χ0v) is 17.6. The Morgan fingerprint density at radius 3 is 2.21 bits per heavy atom. The maximum absolute atomic E-state index is 12.6. The van der Waals surface area contributed by atoms with Crippen molar-refractivity contribution in [1.82, 2.24) is 15.1 Å². The van der Waals surface area contributed by atoms with Gasteiger partial charge < -0.3 is 19.7 Å². The van der Waals surface area contributed by atoms with E-state index in [0.29, 0.717) is 19.6 Å². The number of nitrogens with one attached hydrogen (secondary N) is 1. The number of benzene rings is 2. The highest BCUT2D eigenvalue weighted by atomic mass is 16.7. The molecule has 1 aliphatic rings. The van der Waals surface area contributed by atoms with Gasteiger partial charge in [0.05, 0.1) is 0 Å². The molecule has 0 fully saturated rings. The minimum Gasteiger partial charge on any atom is -0.454 e. The van der Waals surface area contributed by atoms with Crippen molar-refractivity contribution in [2.75, 3.05) is 26.4 Å². The zero-order chi connectivity index (χ0) is 20.6. The van der Waals surface area contributed by atoms with Crippen LogP contribution in [0.25, 0.3) is 0 Å². The molecular weight excluding hydrogens is 366 g/mol. The van der Waals surface area contributed by atoms with Crippen LogP contribution in [-0.4, -0.2) is 42.3 Å². The number of carbonyl (C=O) groups is 1. The number of nitrogens with zero attached hydrogens (tertiary/aromatic N) is 2. The molecule has 156 valence electrons. The SMILES string of the molecule is CCN(CC)Cc1ccc(CNC(=O)N(CC)Cc2ccc3c(c2)OCO3)cc1. The van der Waals surface area contributed by atoms with Gasteiger partial charge in [0, 0.05) is 26.2 Å². The van der Waals surface area contributed by atoms with E-state index < -0.39 is 0 Å². The molecular formula is C23H31N3O3. The Morgan fingerprint density at radius 2 is 1.52 bits per heavy atom. The zero-order valence-electron chi connectivity index (χ0n) is 17.6. The van der Waals surface area contributed by atoms with Gasteiger partial charge in [-0.25, -0.2) is 4.79 Å². The number of hydrogen-bond donors (Lipinski definition) is 1. The first-order valence-electron chi connectivity index (χ1n) is 10.3. The number of ether oxygens (including phenoxy) is 2. The number of hydrogen-bond acceptors (Lipinski definition) is 4. The standard InChI is InChI=1S/C23H31N3O3/c1-4-25(5-2)15-19-9-7-18(8-10-19)14-24-23(27)26(6-3)16-20-11-12-21-22(13-20)29-17-28-21/h7-13H,4-6,14-17H2,1-3H3,(H,24,27). The molecule has 0 spiro atoms. The quantitative estimate of drug-likeness (QED) is 0.695. The van der Waals surface area contributed by atoms with Crippen molar-refractivity contribution in [3.8, 4) is 11.5 Å². The lowest BCUT2D eigenvalue weighted by Gasteiger charge is -2.22. The second-order valence-electron chi connectivity index (χ2n) is 7.14. The van der Waals surface area contributed by atoms with Crippen molar-refractivity contribution in [3.63, 3.8) is 0 Å². The molecule has 2 aromatic rings. The summed E-state index contributed by atoms with van der Waals surface area (Å²) in [4.78, 5) is 16.8. The number of fused-ring (bicyclic) bond motifs is 1. The van der Waals surface area contributed by atoms with E-state index in [1.54, 1.807) is 4.90 Å². The summed E-state index contributed by atoms with van der Waals surface area (Å²) in [5, 5.41) is 3.03. The average Bonchev–Trinajstić information content (AvgIpc) is 3.22. The van der Waals surface area contributed by atoms with Gasteiger partial charge in [-0.05, 0) is 48.8 Å². The molecule has 0 atom stereocenters. The van der Waals surface area contributed by atoms with Crippen molar-refractivity contribution in [3.05, 3.63) is 59.2 Å². The molecule has 0 aliphatic carbocycles. The van der Waals surface area contributed by atoms with E-state index in [4.69, 9.17) is 9.47 Å². The molecule has 0 radical (unpaired) electrons. The molecule has 3 rings (SSSR count). The van der Waals surface area contributed by atoms with E-state index in [-0.39, 0.29) is 12.8 Å². The first kappa shape index (κ1) is 21.0. The fourth-order valence-electron chi connectivity index (χ4n) is 3.34. The van der Waals surface area contributed by atoms with Crippen LogP contribution in [0.4, 0.5) is 4.79 Å². The molecule has 0 bridgehead atoms.